The average Bonchev–Trinajstić information content (AvgIpc) is 2.68. The van der Waals surface area contributed by atoms with E-state index in [1.807, 2.05) is 20.8 Å². The van der Waals surface area contributed by atoms with Crippen molar-refractivity contribution < 1.29 is 24.2 Å². The number of nitrogens with zero attached hydrogens (tertiary/aromatic N) is 3. The minimum absolute atomic E-state index is 0.189. The number of likely N-dealkylation sites (tertiary alicyclic amines) is 1. The van der Waals surface area contributed by atoms with E-state index < -0.39 is 11.1 Å². The van der Waals surface area contributed by atoms with Crippen LogP contribution in [0.5, 0.6) is 0 Å². The highest BCUT2D eigenvalue weighted by Crippen LogP contribution is 2.40. The van der Waals surface area contributed by atoms with Crippen LogP contribution in [-0.2, 0) is 9.53 Å². The minimum atomic E-state index is -0.870. The van der Waals surface area contributed by atoms with Gasteiger partial charge in [-0.3, -0.25) is 9.69 Å². The van der Waals surface area contributed by atoms with Gasteiger partial charge in [0.25, 0.3) is 5.91 Å². The maximum absolute atomic E-state index is 12.8. The van der Waals surface area contributed by atoms with Crippen LogP contribution in [0, 0.1) is 5.92 Å². The van der Waals surface area contributed by atoms with Gasteiger partial charge in [0.2, 0.25) is 0 Å². The van der Waals surface area contributed by atoms with E-state index in [1.54, 1.807) is 9.80 Å². The van der Waals surface area contributed by atoms with Gasteiger partial charge in [0.1, 0.15) is 11.1 Å². The quantitative estimate of drug-likeness (QED) is 0.746. The number of aliphatic hydroxyl groups is 1. The molecule has 3 aliphatic rings. The summed E-state index contributed by atoms with van der Waals surface area (Å²) in [6.45, 7) is 6.70. The molecule has 2 heterocycles. The first-order chi connectivity index (χ1) is 12.0. The number of hydrogen-bond acceptors (Lipinski definition) is 5. The van der Waals surface area contributed by atoms with Gasteiger partial charge in [-0.05, 0) is 52.4 Å². The molecule has 0 atom stereocenters. The molecule has 3 fully saturated rings. The summed E-state index contributed by atoms with van der Waals surface area (Å²) >= 11 is 0. The van der Waals surface area contributed by atoms with Crippen molar-refractivity contribution >= 4 is 18.0 Å². The Bertz CT molecular complexity index is 600. The number of urea groups is 1. The highest BCUT2D eigenvalue weighted by Gasteiger charge is 2.58. The number of imide groups is 1. The van der Waals surface area contributed by atoms with Crippen LogP contribution < -0.4 is 0 Å². The van der Waals surface area contributed by atoms with E-state index in [4.69, 9.17) is 4.74 Å². The van der Waals surface area contributed by atoms with Crippen molar-refractivity contribution in [1.82, 2.24) is 14.7 Å². The van der Waals surface area contributed by atoms with Crippen molar-refractivity contribution in [3.63, 3.8) is 0 Å². The molecule has 0 aromatic carbocycles. The van der Waals surface area contributed by atoms with Gasteiger partial charge in [-0.1, -0.05) is 0 Å². The summed E-state index contributed by atoms with van der Waals surface area (Å²) < 4.78 is 5.41. The van der Waals surface area contributed by atoms with Crippen LogP contribution in [-0.4, -0.2) is 81.8 Å². The lowest BCUT2D eigenvalue weighted by Crippen LogP contribution is -2.59. The van der Waals surface area contributed by atoms with Gasteiger partial charge in [0.05, 0.1) is 6.10 Å². The number of carbonyl (C=O) groups is 3. The predicted octanol–water partition coefficient (Wildman–Crippen LogP) is 1.42. The largest absolute Gasteiger partial charge is 0.444 e. The average molecular weight is 367 g/mol. The smallest absolute Gasteiger partial charge is 0.410 e. The first-order valence-corrected chi connectivity index (χ1v) is 9.29. The number of aliphatic hydroxyl groups excluding tert-OH is 1. The second kappa shape index (κ2) is 6.40. The summed E-state index contributed by atoms with van der Waals surface area (Å²) in [6.07, 6.45) is 1.48. The van der Waals surface area contributed by atoms with Gasteiger partial charge in [-0.2, -0.15) is 0 Å². The highest BCUT2D eigenvalue weighted by atomic mass is 16.6. The Labute approximate surface area is 154 Å². The molecule has 0 aromatic heterocycles. The molecular weight excluding hydrogens is 338 g/mol. The van der Waals surface area contributed by atoms with Gasteiger partial charge in [0, 0.05) is 26.7 Å². The molecule has 3 rings (SSSR count). The molecule has 146 valence electrons. The van der Waals surface area contributed by atoms with E-state index in [1.165, 1.54) is 11.9 Å². The molecule has 0 bridgehead atoms. The third-order valence-electron chi connectivity index (χ3n) is 5.63. The predicted molar refractivity (Wildman–Crippen MR) is 93.4 cm³/mol. The van der Waals surface area contributed by atoms with Crippen LogP contribution in [0.15, 0.2) is 0 Å². The van der Waals surface area contributed by atoms with Crippen molar-refractivity contribution in [3.05, 3.63) is 0 Å². The summed E-state index contributed by atoms with van der Waals surface area (Å²) in [6, 6.07) is -0.276. The van der Waals surface area contributed by atoms with Crippen LogP contribution in [0.3, 0.4) is 0 Å². The Morgan fingerprint density at radius 2 is 1.81 bits per heavy atom. The Balaban J connectivity index is 1.70. The van der Waals surface area contributed by atoms with Crippen LogP contribution in [0.2, 0.25) is 0 Å². The number of carbonyl (C=O) groups excluding carboxylic acids is 3. The fourth-order valence-electron chi connectivity index (χ4n) is 4.11. The number of amides is 4. The summed E-state index contributed by atoms with van der Waals surface area (Å²) in [5, 5.41) is 9.51. The van der Waals surface area contributed by atoms with Gasteiger partial charge in [-0.15, -0.1) is 0 Å². The molecular formula is C18H29N3O5. The standard InChI is InChI=1S/C18H29N3O5/c1-17(2,3)26-16(25)20-7-5-18(6-8-20)14(23)19(4)15(24)21(18)11-12-9-13(22)10-12/h12-13,22H,5-11H2,1-4H3. The van der Waals surface area contributed by atoms with E-state index in [2.05, 4.69) is 0 Å². The van der Waals surface area contributed by atoms with Crippen molar-refractivity contribution in [1.29, 1.82) is 0 Å². The second-order valence-corrected chi connectivity index (χ2v) is 8.75. The topological polar surface area (TPSA) is 90.4 Å². The lowest BCUT2D eigenvalue weighted by molar-refractivity contribution is -0.135. The molecule has 1 saturated carbocycles. The third-order valence-corrected chi connectivity index (χ3v) is 5.63. The molecule has 0 aromatic rings. The molecule has 4 amide bonds. The zero-order valence-corrected chi connectivity index (χ0v) is 16.0. The Hall–Kier alpha value is -1.83. The molecule has 2 saturated heterocycles. The summed E-state index contributed by atoms with van der Waals surface area (Å²) in [5.74, 6) is 0.0419. The van der Waals surface area contributed by atoms with Crippen LogP contribution in [0.1, 0.15) is 46.5 Å². The lowest BCUT2D eigenvalue weighted by atomic mass is 9.79. The van der Waals surface area contributed by atoms with Crippen LogP contribution >= 0.6 is 0 Å². The molecule has 8 nitrogen and oxygen atoms in total. The fraction of sp³-hybridized carbons (Fsp3) is 0.833. The van der Waals surface area contributed by atoms with Crippen molar-refractivity contribution in [2.24, 2.45) is 5.92 Å². The van der Waals surface area contributed by atoms with Crippen LogP contribution in [0.4, 0.5) is 9.59 Å². The molecule has 26 heavy (non-hydrogen) atoms. The third kappa shape index (κ3) is 3.26. The monoisotopic (exact) mass is 367 g/mol. The lowest BCUT2D eigenvalue weighted by Gasteiger charge is -2.44. The molecule has 0 unspecified atom stereocenters. The number of ether oxygens (including phenoxy) is 1. The van der Waals surface area contributed by atoms with Gasteiger partial charge in [-0.25, -0.2) is 9.59 Å². The highest BCUT2D eigenvalue weighted by molar-refractivity contribution is 6.06. The zero-order valence-electron chi connectivity index (χ0n) is 16.0. The maximum Gasteiger partial charge on any atom is 0.410 e. The number of piperidine rings is 1. The summed E-state index contributed by atoms with van der Waals surface area (Å²) in [7, 11) is 1.52. The second-order valence-electron chi connectivity index (χ2n) is 8.75. The zero-order chi connectivity index (χ0) is 19.3. The van der Waals surface area contributed by atoms with E-state index in [-0.39, 0.29) is 30.1 Å². The minimum Gasteiger partial charge on any atom is -0.444 e. The van der Waals surface area contributed by atoms with Gasteiger partial charge in [0.15, 0.2) is 0 Å². The molecule has 1 aliphatic carbocycles. The summed E-state index contributed by atoms with van der Waals surface area (Å²) in [5.41, 5.74) is -1.44. The van der Waals surface area contributed by atoms with E-state index >= 15 is 0 Å². The molecule has 1 N–H and O–H groups in total. The molecule has 8 heteroatoms. The maximum atomic E-state index is 12.8. The van der Waals surface area contributed by atoms with Crippen molar-refractivity contribution in [2.75, 3.05) is 26.7 Å². The van der Waals surface area contributed by atoms with Gasteiger partial charge < -0.3 is 19.6 Å². The summed E-state index contributed by atoms with van der Waals surface area (Å²) in [4.78, 5) is 42.2. The van der Waals surface area contributed by atoms with Crippen molar-refractivity contribution in [2.45, 2.75) is 63.7 Å². The number of likely N-dealkylation sites (N-methyl/N-ethyl adjacent to an activating group) is 1. The SMILES string of the molecule is CN1C(=O)N(CC2CC(O)C2)C2(CCN(C(=O)OC(C)(C)C)CC2)C1=O. The van der Waals surface area contributed by atoms with Crippen molar-refractivity contribution in [3.8, 4) is 0 Å². The van der Waals surface area contributed by atoms with E-state index in [9.17, 15) is 19.5 Å². The first kappa shape index (κ1) is 18.9. The molecule has 0 radical (unpaired) electrons. The van der Waals surface area contributed by atoms with Crippen LogP contribution in [0.25, 0.3) is 0 Å². The molecule has 1 spiro atoms. The van der Waals surface area contributed by atoms with E-state index in [0.29, 0.717) is 45.3 Å². The molecule has 2 aliphatic heterocycles. The Morgan fingerprint density at radius 1 is 1.23 bits per heavy atom. The normalized spacial score (nSPS) is 28.6. The van der Waals surface area contributed by atoms with E-state index in [0.717, 1.165) is 0 Å². The fourth-order valence-corrected chi connectivity index (χ4v) is 4.11. The Morgan fingerprint density at radius 3 is 2.31 bits per heavy atom. The van der Waals surface area contributed by atoms with Gasteiger partial charge >= 0.3 is 12.1 Å². The number of hydrogen-bond donors (Lipinski definition) is 1. The first-order valence-electron chi connectivity index (χ1n) is 9.29. The number of rotatable bonds is 2. The Kier molecular flexibility index (Phi) is 4.67.